The van der Waals surface area contributed by atoms with Crippen molar-refractivity contribution in [3.8, 4) is 11.5 Å². The van der Waals surface area contributed by atoms with Crippen molar-refractivity contribution in [1.29, 1.82) is 0 Å². The van der Waals surface area contributed by atoms with Crippen LogP contribution in [0.3, 0.4) is 0 Å². The molecule has 0 aliphatic carbocycles. The van der Waals surface area contributed by atoms with E-state index in [2.05, 4.69) is 4.74 Å². The largest absolute Gasteiger partial charge is 0.497 e. The van der Waals surface area contributed by atoms with Gasteiger partial charge in [-0.15, -0.1) is 0 Å². The summed E-state index contributed by atoms with van der Waals surface area (Å²) >= 11 is 0. The van der Waals surface area contributed by atoms with E-state index >= 15 is 0 Å². The molecule has 0 bridgehead atoms. The first-order valence-corrected chi connectivity index (χ1v) is 5.16. The maximum atomic E-state index is 11.3. The van der Waals surface area contributed by atoms with Crippen LogP contribution in [0.15, 0.2) is 18.2 Å². The van der Waals surface area contributed by atoms with Crippen molar-refractivity contribution in [2.75, 3.05) is 21.3 Å². The Kier molecular flexibility index (Phi) is 4.78. The maximum absolute atomic E-state index is 11.3. The summed E-state index contributed by atoms with van der Waals surface area (Å²) in [4.78, 5) is 11.3. The minimum absolute atomic E-state index is 0.340. The summed E-state index contributed by atoms with van der Waals surface area (Å²) < 4.78 is 14.9. The zero-order valence-corrected chi connectivity index (χ0v) is 10.2. The summed E-state index contributed by atoms with van der Waals surface area (Å²) in [6.45, 7) is 0. The summed E-state index contributed by atoms with van der Waals surface area (Å²) in [7, 11) is 4.45. The van der Waals surface area contributed by atoms with Gasteiger partial charge >= 0.3 is 5.97 Å². The van der Waals surface area contributed by atoms with Crippen molar-refractivity contribution >= 4 is 5.97 Å². The average molecular weight is 239 g/mol. The zero-order valence-electron chi connectivity index (χ0n) is 10.2. The molecular weight excluding hydrogens is 222 g/mol. The van der Waals surface area contributed by atoms with Gasteiger partial charge in [-0.2, -0.15) is 0 Å². The van der Waals surface area contributed by atoms with Gasteiger partial charge in [-0.25, -0.2) is 0 Å². The fourth-order valence-electron chi connectivity index (χ4n) is 1.51. The van der Waals surface area contributed by atoms with Gasteiger partial charge in [0.25, 0.3) is 0 Å². The number of carbonyl (C=O) groups excluding carboxylic acids is 1. The number of ether oxygens (including phenoxy) is 3. The SMILES string of the molecule is COC(=O)C(N)Cc1cc(OC)ccc1OC. The molecule has 0 saturated heterocycles. The number of nitrogens with two attached hydrogens (primary N) is 1. The first-order valence-electron chi connectivity index (χ1n) is 5.16. The van der Waals surface area contributed by atoms with E-state index in [1.807, 2.05) is 0 Å². The quantitative estimate of drug-likeness (QED) is 0.768. The summed E-state index contributed by atoms with van der Waals surface area (Å²) in [6.07, 6.45) is 0.340. The Morgan fingerprint density at radius 1 is 1.29 bits per heavy atom. The second-order valence-electron chi connectivity index (χ2n) is 3.51. The van der Waals surface area contributed by atoms with Crippen LogP contribution in [0.5, 0.6) is 11.5 Å². The molecule has 1 aromatic carbocycles. The molecule has 0 amide bonds. The molecule has 5 heteroatoms. The normalized spacial score (nSPS) is 11.8. The topological polar surface area (TPSA) is 70.8 Å². The summed E-state index contributed by atoms with van der Waals surface area (Å²) in [5.74, 6) is 0.915. The van der Waals surface area contributed by atoms with Crippen LogP contribution in [0.25, 0.3) is 0 Å². The van der Waals surface area contributed by atoms with Gasteiger partial charge in [0.05, 0.1) is 21.3 Å². The van der Waals surface area contributed by atoms with Crippen LogP contribution in [0.2, 0.25) is 0 Å². The minimum atomic E-state index is -0.707. The van der Waals surface area contributed by atoms with E-state index in [-0.39, 0.29) is 0 Å². The van der Waals surface area contributed by atoms with Crippen molar-refractivity contribution in [3.63, 3.8) is 0 Å². The predicted octanol–water partition coefficient (Wildman–Crippen LogP) is 0.747. The van der Waals surface area contributed by atoms with Gasteiger partial charge in [-0.05, 0) is 23.8 Å². The van der Waals surface area contributed by atoms with Crippen LogP contribution in [0.4, 0.5) is 0 Å². The van der Waals surface area contributed by atoms with Crippen molar-refractivity contribution in [2.45, 2.75) is 12.5 Å². The van der Waals surface area contributed by atoms with E-state index < -0.39 is 12.0 Å². The first-order chi connectivity index (χ1) is 8.12. The Balaban J connectivity index is 2.91. The number of rotatable bonds is 5. The smallest absolute Gasteiger partial charge is 0.322 e. The molecule has 94 valence electrons. The molecule has 0 radical (unpaired) electrons. The lowest BCUT2D eigenvalue weighted by Crippen LogP contribution is -2.33. The van der Waals surface area contributed by atoms with Gasteiger partial charge in [0.15, 0.2) is 0 Å². The van der Waals surface area contributed by atoms with Gasteiger partial charge in [0, 0.05) is 6.42 Å². The third-order valence-corrected chi connectivity index (χ3v) is 2.43. The molecule has 0 saturated carbocycles. The number of methoxy groups -OCH3 is 3. The van der Waals surface area contributed by atoms with E-state index in [1.165, 1.54) is 7.11 Å². The molecule has 0 fully saturated rings. The van der Waals surface area contributed by atoms with E-state index in [0.717, 1.165) is 5.56 Å². The van der Waals surface area contributed by atoms with E-state index in [0.29, 0.717) is 17.9 Å². The molecular formula is C12H17NO4. The highest BCUT2D eigenvalue weighted by atomic mass is 16.5. The molecule has 0 aliphatic rings. The Hall–Kier alpha value is -1.75. The molecule has 0 aromatic heterocycles. The maximum Gasteiger partial charge on any atom is 0.322 e. The molecule has 0 spiro atoms. The van der Waals surface area contributed by atoms with Gasteiger partial charge in [0.2, 0.25) is 0 Å². The van der Waals surface area contributed by atoms with Crippen LogP contribution in [0, 0.1) is 0 Å². The van der Waals surface area contributed by atoms with Gasteiger partial charge in [-0.3, -0.25) is 4.79 Å². The van der Waals surface area contributed by atoms with E-state index in [1.54, 1.807) is 32.4 Å². The highest BCUT2D eigenvalue weighted by molar-refractivity contribution is 5.75. The van der Waals surface area contributed by atoms with Gasteiger partial charge in [0.1, 0.15) is 17.5 Å². The molecule has 1 atom stereocenters. The Morgan fingerprint density at radius 3 is 2.53 bits per heavy atom. The minimum Gasteiger partial charge on any atom is -0.497 e. The third-order valence-electron chi connectivity index (χ3n) is 2.43. The van der Waals surface area contributed by atoms with Crippen molar-refractivity contribution in [3.05, 3.63) is 23.8 Å². The first kappa shape index (κ1) is 13.3. The molecule has 5 nitrogen and oxygen atoms in total. The monoisotopic (exact) mass is 239 g/mol. The molecule has 17 heavy (non-hydrogen) atoms. The highest BCUT2D eigenvalue weighted by Gasteiger charge is 2.17. The molecule has 1 unspecified atom stereocenters. The second kappa shape index (κ2) is 6.10. The molecule has 1 aromatic rings. The lowest BCUT2D eigenvalue weighted by molar-refractivity contribution is -0.142. The number of hydrogen-bond acceptors (Lipinski definition) is 5. The number of benzene rings is 1. The highest BCUT2D eigenvalue weighted by Crippen LogP contribution is 2.24. The zero-order chi connectivity index (χ0) is 12.8. The number of esters is 1. The Bertz CT molecular complexity index is 392. The van der Waals surface area contributed by atoms with Crippen molar-refractivity contribution in [2.24, 2.45) is 5.73 Å². The molecule has 2 N–H and O–H groups in total. The number of hydrogen-bond donors (Lipinski definition) is 1. The molecule has 1 rings (SSSR count). The Morgan fingerprint density at radius 2 is 2.00 bits per heavy atom. The van der Waals surface area contributed by atoms with Crippen LogP contribution in [-0.2, 0) is 16.0 Å². The molecule has 0 aliphatic heterocycles. The standard InChI is InChI=1S/C12H17NO4/c1-15-9-4-5-11(16-2)8(6-9)7-10(13)12(14)17-3/h4-6,10H,7,13H2,1-3H3. The molecule has 0 heterocycles. The predicted molar refractivity (Wildman–Crippen MR) is 63.2 cm³/mol. The number of carbonyl (C=O) groups is 1. The van der Waals surface area contributed by atoms with Crippen LogP contribution >= 0.6 is 0 Å². The summed E-state index contributed by atoms with van der Waals surface area (Å²) in [6, 6.07) is 4.65. The van der Waals surface area contributed by atoms with Crippen LogP contribution < -0.4 is 15.2 Å². The summed E-state index contributed by atoms with van der Waals surface area (Å²) in [5, 5.41) is 0. The van der Waals surface area contributed by atoms with Crippen molar-refractivity contribution in [1.82, 2.24) is 0 Å². The van der Waals surface area contributed by atoms with Crippen molar-refractivity contribution < 1.29 is 19.0 Å². The van der Waals surface area contributed by atoms with Crippen LogP contribution in [0.1, 0.15) is 5.56 Å². The lowest BCUT2D eigenvalue weighted by atomic mass is 10.1. The fourth-order valence-corrected chi connectivity index (χ4v) is 1.51. The van der Waals surface area contributed by atoms with Crippen LogP contribution in [-0.4, -0.2) is 33.3 Å². The van der Waals surface area contributed by atoms with Gasteiger partial charge in [-0.1, -0.05) is 0 Å². The van der Waals surface area contributed by atoms with Gasteiger partial charge < -0.3 is 19.9 Å². The van der Waals surface area contributed by atoms with E-state index in [9.17, 15) is 4.79 Å². The fraction of sp³-hybridized carbons (Fsp3) is 0.417. The Labute approximate surface area is 100 Å². The van der Waals surface area contributed by atoms with E-state index in [4.69, 9.17) is 15.2 Å². The average Bonchev–Trinajstić information content (AvgIpc) is 2.37. The second-order valence-corrected chi connectivity index (χ2v) is 3.51. The third kappa shape index (κ3) is 3.35. The lowest BCUT2D eigenvalue weighted by Gasteiger charge is -2.13. The summed E-state index contributed by atoms with van der Waals surface area (Å²) in [5.41, 5.74) is 6.51.